The molecule has 2 aromatic carbocycles. The summed E-state index contributed by atoms with van der Waals surface area (Å²) < 4.78 is 6.49. The summed E-state index contributed by atoms with van der Waals surface area (Å²) in [5, 5.41) is 10.8. The van der Waals surface area contributed by atoms with Crippen molar-refractivity contribution in [2.75, 3.05) is 85.2 Å². The van der Waals surface area contributed by atoms with Crippen LogP contribution in [0.1, 0.15) is 54.5 Å². The van der Waals surface area contributed by atoms with Gasteiger partial charge in [0.05, 0.1) is 34.5 Å². The predicted molar refractivity (Wildman–Crippen MR) is 225 cm³/mol. The van der Waals surface area contributed by atoms with Gasteiger partial charge >= 0.3 is 0 Å². The average Bonchev–Trinajstić information content (AvgIpc) is 3.23. The van der Waals surface area contributed by atoms with Gasteiger partial charge < -0.3 is 29.4 Å². The molecule has 4 aromatic heterocycles. The number of ether oxygens (including phenoxy) is 1. The molecule has 0 saturated carbocycles. The first-order chi connectivity index (χ1) is 28.1. The Kier molecular flexibility index (Phi) is 9.65. The lowest BCUT2D eigenvalue weighted by Crippen LogP contribution is -2.47. The molecule has 0 bridgehead atoms. The second-order valence-electron chi connectivity index (χ2n) is 16.4. The molecule has 0 unspecified atom stereocenters. The Labute approximate surface area is 333 Å². The van der Waals surface area contributed by atoms with Gasteiger partial charge in [0, 0.05) is 94.1 Å². The molecule has 12 nitrogen and oxygen atoms in total. The first-order valence-corrected chi connectivity index (χ1v) is 20.7. The highest BCUT2D eigenvalue weighted by Gasteiger charge is 2.36. The largest absolute Gasteiger partial charge is 0.477 e. The Morgan fingerprint density at radius 3 is 1.91 bits per heavy atom. The van der Waals surface area contributed by atoms with Crippen LogP contribution in [0.15, 0.2) is 85.2 Å². The smallest absolute Gasteiger partial charge is 0.218 e. The van der Waals surface area contributed by atoms with Crippen LogP contribution in [0.5, 0.6) is 5.88 Å². The lowest BCUT2D eigenvalue weighted by atomic mass is 9.93. The van der Waals surface area contributed by atoms with Crippen molar-refractivity contribution in [3.05, 3.63) is 102 Å². The Bertz CT molecular complexity index is 2360. The maximum atomic E-state index is 9.60. The van der Waals surface area contributed by atoms with E-state index in [2.05, 4.69) is 81.1 Å². The van der Waals surface area contributed by atoms with Gasteiger partial charge in [-0.25, -0.2) is 19.9 Å². The number of aromatic nitrogens is 6. The molecule has 292 valence electrons. The van der Waals surface area contributed by atoms with Gasteiger partial charge in [-0.15, -0.1) is 0 Å². The number of benzene rings is 2. The summed E-state index contributed by atoms with van der Waals surface area (Å²) >= 11 is 0. The molecule has 4 fully saturated rings. The van der Waals surface area contributed by atoms with Gasteiger partial charge in [0.25, 0.3) is 0 Å². The molecule has 0 aliphatic carbocycles. The maximum Gasteiger partial charge on any atom is 0.218 e. The first-order valence-electron chi connectivity index (χ1n) is 20.7. The molecule has 8 heterocycles. The molecule has 4 aliphatic rings. The van der Waals surface area contributed by atoms with Crippen molar-refractivity contribution >= 4 is 45.2 Å². The number of hydrogen-bond donors (Lipinski definition) is 1. The van der Waals surface area contributed by atoms with E-state index < -0.39 is 0 Å². The fourth-order valence-corrected chi connectivity index (χ4v) is 8.95. The summed E-state index contributed by atoms with van der Waals surface area (Å²) in [7, 11) is 0. The monoisotopic (exact) mass is 762 g/mol. The molecule has 4 aliphatic heterocycles. The van der Waals surface area contributed by atoms with Crippen LogP contribution < -0.4 is 24.3 Å². The minimum atomic E-state index is 0.266. The second-order valence-corrected chi connectivity index (χ2v) is 16.4. The van der Waals surface area contributed by atoms with Crippen molar-refractivity contribution in [1.29, 1.82) is 0 Å². The first kappa shape index (κ1) is 35.8. The molecule has 0 atom stereocenters. The Hall–Kier alpha value is -5.62. The third-order valence-corrected chi connectivity index (χ3v) is 12.6. The quantitative estimate of drug-likeness (QED) is 0.167. The van der Waals surface area contributed by atoms with Crippen molar-refractivity contribution in [2.45, 2.75) is 44.4 Å². The molecule has 12 heteroatoms. The third kappa shape index (κ3) is 7.15. The highest BCUT2D eigenvalue weighted by atomic mass is 16.5. The molecule has 57 heavy (non-hydrogen) atoms. The van der Waals surface area contributed by atoms with E-state index >= 15 is 0 Å². The van der Waals surface area contributed by atoms with Gasteiger partial charge in [-0.3, -0.25) is 4.98 Å². The molecule has 4 saturated heterocycles. The normalized spacial score (nSPS) is 18.6. The number of pyridine rings is 2. The van der Waals surface area contributed by atoms with Crippen LogP contribution >= 0.6 is 0 Å². The molecule has 10 rings (SSSR count). The van der Waals surface area contributed by atoms with Crippen molar-refractivity contribution in [3.8, 4) is 5.88 Å². The predicted octanol–water partition coefficient (Wildman–Crippen LogP) is 6.38. The van der Waals surface area contributed by atoms with Gasteiger partial charge in [-0.05, 0) is 80.8 Å². The number of piperidine rings is 2. The number of aliphatic hydroxyl groups is 1. The van der Waals surface area contributed by atoms with Gasteiger partial charge in [-0.2, -0.15) is 4.98 Å². The van der Waals surface area contributed by atoms with E-state index in [1.165, 1.54) is 0 Å². The fourth-order valence-electron chi connectivity index (χ4n) is 8.95. The van der Waals surface area contributed by atoms with E-state index in [0.29, 0.717) is 30.3 Å². The molecular weight excluding hydrogens is 713 g/mol. The lowest BCUT2D eigenvalue weighted by Gasteiger charge is -2.42. The second kappa shape index (κ2) is 15.4. The number of para-hydroxylation sites is 3. The van der Waals surface area contributed by atoms with E-state index in [-0.39, 0.29) is 6.61 Å². The van der Waals surface area contributed by atoms with Gasteiger partial charge in [0.2, 0.25) is 5.88 Å². The number of hydrogen-bond acceptors (Lipinski definition) is 12. The summed E-state index contributed by atoms with van der Waals surface area (Å²) in [5.41, 5.74) is 6.15. The van der Waals surface area contributed by atoms with Gasteiger partial charge in [0.1, 0.15) is 11.6 Å². The summed E-state index contributed by atoms with van der Waals surface area (Å²) in [6.45, 7) is 10.1. The number of aliphatic hydroxyl groups excluding tert-OH is 1. The summed E-state index contributed by atoms with van der Waals surface area (Å²) in [6, 6.07) is 25.1. The van der Waals surface area contributed by atoms with Crippen LogP contribution in [-0.2, 0) is 0 Å². The van der Waals surface area contributed by atoms with Crippen LogP contribution in [-0.4, -0.2) is 101 Å². The SMILES string of the molecule is Cc1ccc(N2CC(c3nccnc3N3CCC(CO)CC3)C2)nc1OCC1CCN(c2nc3ccccc3nc2C2CN(c3ccc4ccccc4n3)C2)CC1. The van der Waals surface area contributed by atoms with Crippen molar-refractivity contribution in [1.82, 2.24) is 29.9 Å². The van der Waals surface area contributed by atoms with Crippen LogP contribution in [0.25, 0.3) is 21.9 Å². The summed E-state index contributed by atoms with van der Waals surface area (Å²) in [6.07, 6.45) is 7.63. The number of rotatable bonds is 10. The lowest BCUT2D eigenvalue weighted by molar-refractivity contribution is 0.202. The highest BCUT2D eigenvalue weighted by Crippen LogP contribution is 2.38. The van der Waals surface area contributed by atoms with Crippen molar-refractivity contribution < 1.29 is 9.84 Å². The average molecular weight is 763 g/mol. The topological polar surface area (TPSA) is 120 Å². The van der Waals surface area contributed by atoms with E-state index in [1.54, 1.807) is 6.20 Å². The Morgan fingerprint density at radius 1 is 0.579 bits per heavy atom. The van der Waals surface area contributed by atoms with Crippen LogP contribution in [0.4, 0.5) is 23.3 Å². The highest BCUT2D eigenvalue weighted by molar-refractivity contribution is 5.80. The Balaban J connectivity index is 0.763. The number of fused-ring (bicyclic) bond motifs is 2. The number of aryl methyl sites for hydroxylation is 1. The fraction of sp³-hybridized carbons (Fsp3) is 0.422. The number of anilines is 4. The molecule has 0 radical (unpaired) electrons. The maximum absolute atomic E-state index is 9.60. The Morgan fingerprint density at radius 2 is 1.18 bits per heavy atom. The van der Waals surface area contributed by atoms with Gasteiger partial charge in [0.15, 0.2) is 11.6 Å². The van der Waals surface area contributed by atoms with Crippen molar-refractivity contribution in [2.24, 2.45) is 11.8 Å². The van der Waals surface area contributed by atoms with Crippen molar-refractivity contribution in [3.63, 3.8) is 0 Å². The molecular formula is C45H50N10O2. The number of nitrogens with zero attached hydrogens (tertiary/aromatic N) is 10. The zero-order valence-corrected chi connectivity index (χ0v) is 32.6. The third-order valence-electron chi connectivity index (χ3n) is 12.6. The summed E-state index contributed by atoms with van der Waals surface area (Å²) in [5.74, 6) is 6.15. The van der Waals surface area contributed by atoms with Gasteiger partial charge in [-0.1, -0.05) is 36.4 Å². The minimum absolute atomic E-state index is 0.266. The molecule has 0 amide bonds. The van der Waals surface area contributed by atoms with E-state index in [0.717, 1.165) is 146 Å². The van der Waals surface area contributed by atoms with E-state index in [1.807, 2.05) is 24.4 Å². The standard InChI is InChI=1S/C45H50N10O2/c1-30-10-12-40(55-24-34(25-55)41-43(47-19-18-46-41)52-20-14-31(28-56)15-21-52)51-45(30)57-29-32-16-22-53(23-17-32)44-42(49-37-8-4-5-9-38(37)50-44)35-26-54(27-35)39-13-11-33-6-2-3-7-36(33)48-39/h2-13,18-19,31-32,34-35,56H,14-17,20-29H2,1H3. The van der Waals surface area contributed by atoms with E-state index in [4.69, 9.17) is 34.6 Å². The van der Waals surface area contributed by atoms with Crippen LogP contribution in [0.3, 0.4) is 0 Å². The zero-order valence-electron chi connectivity index (χ0n) is 32.6. The summed E-state index contributed by atoms with van der Waals surface area (Å²) in [4.78, 5) is 39.4. The van der Waals surface area contributed by atoms with E-state index in [9.17, 15) is 5.11 Å². The zero-order chi connectivity index (χ0) is 38.3. The molecule has 6 aromatic rings. The molecule has 1 N–H and O–H groups in total. The molecule has 0 spiro atoms. The minimum Gasteiger partial charge on any atom is -0.477 e. The van der Waals surface area contributed by atoms with Crippen LogP contribution in [0.2, 0.25) is 0 Å². The van der Waals surface area contributed by atoms with Crippen LogP contribution in [0, 0.1) is 18.8 Å².